The third-order valence-corrected chi connectivity index (χ3v) is 3.69. The van der Waals surface area contributed by atoms with Gasteiger partial charge in [0.2, 0.25) is 0 Å². The van der Waals surface area contributed by atoms with E-state index >= 15 is 0 Å². The maximum absolute atomic E-state index is 8.91. The van der Waals surface area contributed by atoms with Crippen LogP contribution in [0.15, 0.2) is 24.3 Å². The highest BCUT2D eigenvalue weighted by Gasteiger charge is 2.43. The van der Waals surface area contributed by atoms with Gasteiger partial charge in [-0.15, -0.1) is 0 Å². The first-order valence-electron chi connectivity index (χ1n) is 6.66. The molecule has 18 heavy (non-hydrogen) atoms. The van der Waals surface area contributed by atoms with Gasteiger partial charge in [0.25, 0.3) is 0 Å². The summed E-state index contributed by atoms with van der Waals surface area (Å²) in [5, 5.41) is 8.91. The molecule has 2 rings (SSSR count). The first-order chi connectivity index (χ1) is 8.69. The van der Waals surface area contributed by atoms with Gasteiger partial charge in [-0.05, 0) is 43.5 Å². The molecule has 3 nitrogen and oxygen atoms in total. The second-order valence-electron chi connectivity index (χ2n) is 5.35. The maximum atomic E-state index is 8.91. The summed E-state index contributed by atoms with van der Waals surface area (Å²) in [5.41, 5.74) is 8.00. The molecule has 0 atom stereocenters. The summed E-state index contributed by atoms with van der Waals surface area (Å²) in [6, 6.07) is 10.4. The Morgan fingerprint density at radius 1 is 1.33 bits per heavy atom. The van der Waals surface area contributed by atoms with E-state index in [2.05, 4.69) is 30.0 Å². The van der Waals surface area contributed by atoms with Crippen LogP contribution in [0.5, 0.6) is 0 Å². The van der Waals surface area contributed by atoms with Gasteiger partial charge in [0.1, 0.15) is 0 Å². The van der Waals surface area contributed by atoms with Gasteiger partial charge in [-0.25, -0.2) is 0 Å². The Hall–Kier alpha value is -1.69. The summed E-state index contributed by atoms with van der Waals surface area (Å²) in [5.74, 6) is 0. The number of benzene rings is 1. The predicted octanol–water partition coefficient (Wildman–Crippen LogP) is 3.18. The minimum atomic E-state index is 0.255. The van der Waals surface area contributed by atoms with Crippen LogP contribution in [-0.2, 0) is 0 Å². The van der Waals surface area contributed by atoms with Crippen molar-refractivity contribution in [3.63, 3.8) is 0 Å². The Morgan fingerprint density at radius 2 is 2.00 bits per heavy atom. The number of nitrogen functional groups attached to an aromatic ring is 1. The average molecular weight is 243 g/mol. The zero-order valence-electron chi connectivity index (χ0n) is 11.0. The number of nitriles is 1. The van der Waals surface area contributed by atoms with Crippen molar-refractivity contribution in [1.29, 1.82) is 5.26 Å². The molecule has 1 aliphatic carbocycles. The highest BCUT2D eigenvalue weighted by Crippen LogP contribution is 2.49. The van der Waals surface area contributed by atoms with E-state index in [1.165, 1.54) is 18.5 Å². The van der Waals surface area contributed by atoms with E-state index in [-0.39, 0.29) is 5.41 Å². The number of nitrogens with zero attached hydrogens (tertiary/aromatic N) is 2. The average Bonchev–Trinajstić information content (AvgIpc) is 3.10. The van der Waals surface area contributed by atoms with Gasteiger partial charge in [0.15, 0.2) is 0 Å². The van der Waals surface area contributed by atoms with Crippen LogP contribution in [-0.4, -0.2) is 13.1 Å². The van der Waals surface area contributed by atoms with Gasteiger partial charge >= 0.3 is 0 Å². The van der Waals surface area contributed by atoms with Crippen LogP contribution in [0.2, 0.25) is 0 Å². The SMILES string of the molecule is CCCN(CC1(CC#N)CC1)c1ccc(N)cc1. The molecule has 1 aromatic rings. The fraction of sp³-hybridized carbons (Fsp3) is 0.533. The van der Waals surface area contributed by atoms with Gasteiger partial charge in [-0.2, -0.15) is 5.26 Å². The predicted molar refractivity (Wildman–Crippen MR) is 75.3 cm³/mol. The second kappa shape index (κ2) is 5.30. The number of rotatable bonds is 6. The third-order valence-electron chi connectivity index (χ3n) is 3.69. The molecule has 0 heterocycles. The Balaban J connectivity index is 2.09. The van der Waals surface area contributed by atoms with E-state index in [0.29, 0.717) is 6.42 Å². The zero-order chi connectivity index (χ0) is 13.0. The number of nitrogens with two attached hydrogens (primary N) is 1. The molecule has 1 saturated carbocycles. The number of hydrogen-bond donors (Lipinski definition) is 1. The summed E-state index contributed by atoms with van der Waals surface area (Å²) in [4.78, 5) is 2.39. The topological polar surface area (TPSA) is 53.0 Å². The van der Waals surface area contributed by atoms with Crippen molar-refractivity contribution in [2.75, 3.05) is 23.7 Å². The van der Waals surface area contributed by atoms with E-state index in [1.807, 2.05) is 12.1 Å². The van der Waals surface area contributed by atoms with Crippen LogP contribution in [0.1, 0.15) is 32.6 Å². The lowest BCUT2D eigenvalue weighted by molar-refractivity contribution is 0.507. The van der Waals surface area contributed by atoms with Gasteiger partial charge in [0, 0.05) is 36.3 Å². The summed E-state index contributed by atoms with van der Waals surface area (Å²) < 4.78 is 0. The lowest BCUT2D eigenvalue weighted by atomic mass is 10.0. The van der Waals surface area contributed by atoms with Crippen molar-refractivity contribution < 1.29 is 0 Å². The Bertz CT molecular complexity index is 426. The molecule has 0 spiro atoms. The number of hydrogen-bond acceptors (Lipinski definition) is 3. The van der Waals surface area contributed by atoms with Gasteiger partial charge in [0.05, 0.1) is 6.07 Å². The standard InChI is InChI=1S/C15H21N3/c1-2-11-18(12-15(7-8-15)9-10-16)14-5-3-13(17)4-6-14/h3-6H,2,7-9,11-12,17H2,1H3. The van der Waals surface area contributed by atoms with Gasteiger partial charge in [-0.1, -0.05) is 6.92 Å². The fourth-order valence-corrected chi connectivity index (χ4v) is 2.39. The van der Waals surface area contributed by atoms with Crippen molar-refractivity contribution in [3.05, 3.63) is 24.3 Å². The molecule has 0 aromatic heterocycles. The lowest BCUT2D eigenvalue weighted by Gasteiger charge is -2.28. The lowest BCUT2D eigenvalue weighted by Crippen LogP contribution is -2.31. The fourth-order valence-electron chi connectivity index (χ4n) is 2.39. The molecule has 0 amide bonds. The van der Waals surface area contributed by atoms with Crippen LogP contribution in [0, 0.1) is 16.7 Å². The van der Waals surface area contributed by atoms with Crippen molar-refractivity contribution >= 4 is 11.4 Å². The van der Waals surface area contributed by atoms with E-state index < -0.39 is 0 Å². The molecular weight excluding hydrogens is 222 g/mol. The smallest absolute Gasteiger partial charge is 0.0628 e. The van der Waals surface area contributed by atoms with E-state index in [4.69, 9.17) is 11.0 Å². The van der Waals surface area contributed by atoms with Crippen LogP contribution in [0.3, 0.4) is 0 Å². The number of anilines is 2. The molecule has 96 valence electrons. The highest BCUT2D eigenvalue weighted by molar-refractivity contribution is 5.53. The van der Waals surface area contributed by atoms with Crippen molar-refractivity contribution in [1.82, 2.24) is 0 Å². The molecule has 2 N–H and O–H groups in total. The molecule has 0 radical (unpaired) electrons. The first kappa shape index (κ1) is 12.8. The summed E-state index contributed by atoms with van der Waals surface area (Å²) >= 11 is 0. The quantitative estimate of drug-likeness (QED) is 0.781. The largest absolute Gasteiger partial charge is 0.399 e. The molecule has 0 bridgehead atoms. The van der Waals surface area contributed by atoms with E-state index in [1.54, 1.807) is 0 Å². The third kappa shape index (κ3) is 2.95. The van der Waals surface area contributed by atoms with Crippen molar-refractivity contribution in [2.45, 2.75) is 32.6 Å². The normalized spacial score (nSPS) is 16.0. The highest BCUT2D eigenvalue weighted by atomic mass is 15.1. The van der Waals surface area contributed by atoms with Crippen LogP contribution < -0.4 is 10.6 Å². The zero-order valence-corrected chi connectivity index (χ0v) is 11.0. The molecule has 3 heteroatoms. The van der Waals surface area contributed by atoms with E-state index in [0.717, 1.165) is 25.2 Å². The van der Waals surface area contributed by atoms with Crippen molar-refractivity contribution in [3.8, 4) is 6.07 Å². The first-order valence-corrected chi connectivity index (χ1v) is 6.66. The molecule has 0 unspecified atom stereocenters. The Morgan fingerprint density at radius 3 is 2.50 bits per heavy atom. The molecule has 0 aliphatic heterocycles. The summed E-state index contributed by atoms with van der Waals surface area (Å²) in [6.45, 7) is 4.23. The van der Waals surface area contributed by atoms with Crippen molar-refractivity contribution in [2.24, 2.45) is 5.41 Å². The molecule has 1 aliphatic rings. The molecule has 0 saturated heterocycles. The Labute approximate surface area is 109 Å². The second-order valence-corrected chi connectivity index (χ2v) is 5.35. The summed E-state index contributed by atoms with van der Waals surface area (Å²) in [6.07, 6.45) is 4.18. The van der Waals surface area contributed by atoms with E-state index in [9.17, 15) is 0 Å². The minimum absolute atomic E-state index is 0.255. The van der Waals surface area contributed by atoms with Gasteiger partial charge in [-0.3, -0.25) is 0 Å². The van der Waals surface area contributed by atoms with Gasteiger partial charge < -0.3 is 10.6 Å². The van der Waals surface area contributed by atoms with Crippen LogP contribution in [0.4, 0.5) is 11.4 Å². The van der Waals surface area contributed by atoms with Crippen LogP contribution in [0.25, 0.3) is 0 Å². The summed E-state index contributed by atoms with van der Waals surface area (Å²) in [7, 11) is 0. The molecule has 1 aromatic carbocycles. The monoisotopic (exact) mass is 243 g/mol. The van der Waals surface area contributed by atoms with Crippen LogP contribution >= 0.6 is 0 Å². The molecule has 1 fully saturated rings. The maximum Gasteiger partial charge on any atom is 0.0628 e. The minimum Gasteiger partial charge on any atom is -0.399 e. The Kier molecular flexibility index (Phi) is 3.76. The molecular formula is C15H21N3.